The molecule has 0 aromatic heterocycles. The third-order valence-corrected chi connectivity index (χ3v) is 4.51. The molecule has 0 unspecified atom stereocenters. The lowest BCUT2D eigenvalue weighted by molar-refractivity contribution is -0.116. The number of hydrogen-bond acceptors (Lipinski definition) is 3. The molecule has 0 saturated heterocycles. The largest absolute Gasteiger partial charge is 0.478 e. The van der Waals surface area contributed by atoms with Crippen molar-refractivity contribution in [2.75, 3.05) is 12.0 Å². The van der Waals surface area contributed by atoms with Crippen LogP contribution in [0.5, 0.6) is 5.75 Å². The number of nitrogens with zero attached hydrogens (tertiary/aromatic N) is 1. The summed E-state index contributed by atoms with van der Waals surface area (Å²) in [5, 5.41) is 2.97. The Morgan fingerprint density at radius 1 is 1.13 bits per heavy atom. The van der Waals surface area contributed by atoms with Crippen molar-refractivity contribution in [3.63, 3.8) is 0 Å². The second-order valence-electron chi connectivity index (χ2n) is 6.41. The Balaban J connectivity index is 1.53. The summed E-state index contributed by atoms with van der Waals surface area (Å²) in [6.45, 7) is 4.41. The summed E-state index contributed by atoms with van der Waals surface area (Å²) in [6.07, 6.45) is 1.36. The smallest absolute Gasteiger partial charge is 0.224 e. The van der Waals surface area contributed by atoms with Crippen molar-refractivity contribution < 1.29 is 9.53 Å². The Morgan fingerprint density at radius 2 is 1.96 bits per heavy atom. The molecule has 2 aromatic rings. The van der Waals surface area contributed by atoms with E-state index in [2.05, 4.69) is 53.5 Å². The van der Waals surface area contributed by atoms with Crippen molar-refractivity contribution in [1.82, 2.24) is 4.90 Å². The maximum atomic E-state index is 11.6. The van der Waals surface area contributed by atoms with Gasteiger partial charge in [0.15, 0.2) is 0 Å². The van der Waals surface area contributed by atoms with E-state index in [9.17, 15) is 4.79 Å². The predicted molar refractivity (Wildman–Crippen MR) is 89.3 cm³/mol. The Kier molecular flexibility index (Phi) is 3.54. The van der Waals surface area contributed by atoms with Gasteiger partial charge < -0.3 is 10.1 Å². The van der Waals surface area contributed by atoms with E-state index in [0.29, 0.717) is 13.2 Å². The highest BCUT2D eigenvalue weighted by Gasteiger charge is 2.22. The zero-order valence-electron chi connectivity index (χ0n) is 13.3. The van der Waals surface area contributed by atoms with Crippen molar-refractivity contribution in [2.45, 2.75) is 32.9 Å². The molecule has 4 heteroatoms. The van der Waals surface area contributed by atoms with Crippen LogP contribution in [-0.4, -0.2) is 17.5 Å². The standard InChI is InChI=1S/C19H20N2O2/c1-13-2-4-14(5-3-13)10-21-11-16-8-17-15(6-7-19(22)20-17)9-18(16)23-12-21/h2-5,8-9H,6-7,10-12H2,1H3,(H,20,22). The SMILES string of the molecule is Cc1ccc(CN2COc3cc4c(cc3C2)NC(=O)CC4)cc1. The van der Waals surface area contributed by atoms with Crippen LogP contribution in [0.4, 0.5) is 5.69 Å². The van der Waals surface area contributed by atoms with E-state index in [1.54, 1.807) is 0 Å². The lowest BCUT2D eigenvalue weighted by Gasteiger charge is -2.30. The van der Waals surface area contributed by atoms with Crippen LogP contribution < -0.4 is 10.1 Å². The first kappa shape index (κ1) is 14.3. The fourth-order valence-corrected chi connectivity index (χ4v) is 3.21. The normalized spacial score (nSPS) is 17.0. The van der Waals surface area contributed by atoms with Gasteiger partial charge in [0.05, 0.1) is 0 Å². The Bertz CT molecular complexity index is 753. The number of fused-ring (bicyclic) bond motifs is 2. The van der Waals surface area contributed by atoms with Gasteiger partial charge in [-0.2, -0.15) is 0 Å². The first-order chi connectivity index (χ1) is 11.2. The molecule has 0 saturated carbocycles. The molecule has 4 nitrogen and oxygen atoms in total. The number of anilines is 1. The molecule has 0 atom stereocenters. The fourth-order valence-electron chi connectivity index (χ4n) is 3.21. The van der Waals surface area contributed by atoms with Crippen LogP contribution in [0.3, 0.4) is 0 Å². The number of aryl methyl sites for hydroxylation is 2. The zero-order chi connectivity index (χ0) is 15.8. The fraction of sp³-hybridized carbons (Fsp3) is 0.316. The molecule has 4 rings (SSSR count). The molecule has 2 heterocycles. The molecule has 118 valence electrons. The van der Waals surface area contributed by atoms with Crippen molar-refractivity contribution in [2.24, 2.45) is 0 Å². The first-order valence-corrected chi connectivity index (χ1v) is 8.04. The molecule has 1 N–H and O–H groups in total. The lowest BCUT2D eigenvalue weighted by atomic mass is 9.99. The van der Waals surface area contributed by atoms with Crippen molar-refractivity contribution in [3.05, 3.63) is 58.7 Å². The summed E-state index contributed by atoms with van der Waals surface area (Å²) in [7, 11) is 0. The van der Waals surface area contributed by atoms with Gasteiger partial charge in [-0.1, -0.05) is 29.8 Å². The van der Waals surface area contributed by atoms with E-state index in [1.807, 2.05) is 0 Å². The monoisotopic (exact) mass is 308 g/mol. The van der Waals surface area contributed by atoms with Crippen LogP contribution in [0.1, 0.15) is 28.7 Å². The molecule has 0 aliphatic carbocycles. The first-order valence-electron chi connectivity index (χ1n) is 8.04. The molecule has 0 fully saturated rings. The molecular formula is C19H20N2O2. The van der Waals surface area contributed by atoms with E-state index >= 15 is 0 Å². The number of nitrogens with one attached hydrogen (secondary N) is 1. The van der Waals surface area contributed by atoms with Gasteiger partial charge in [0.2, 0.25) is 5.91 Å². The number of hydrogen-bond donors (Lipinski definition) is 1. The summed E-state index contributed by atoms with van der Waals surface area (Å²) in [5.74, 6) is 1.06. The van der Waals surface area contributed by atoms with Crippen molar-refractivity contribution >= 4 is 11.6 Å². The summed E-state index contributed by atoms with van der Waals surface area (Å²) in [4.78, 5) is 13.8. The van der Waals surface area contributed by atoms with Crippen LogP contribution >= 0.6 is 0 Å². The molecule has 2 aliphatic heterocycles. The Morgan fingerprint density at radius 3 is 2.78 bits per heavy atom. The van der Waals surface area contributed by atoms with Crippen molar-refractivity contribution in [1.29, 1.82) is 0 Å². The van der Waals surface area contributed by atoms with Crippen LogP contribution in [0.15, 0.2) is 36.4 Å². The summed E-state index contributed by atoms with van der Waals surface area (Å²) < 4.78 is 5.94. The van der Waals surface area contributed by atoms with Gasteiger partial charge in [0, 0.05) is 30.8 Å². The van der Waals surface area contributed by atoms with Crippen LogP contribution in [0.25, 0.3) is 0 Å². The molecule has 0 spiro atoms. The Labute approximate surface area is 136 Å². The maximum absolute atomic E-state index is 11.6. The molecular weight excluding hydrogens is 288 g/mol. The molecule has 0 radical (unpaired) electrons. The van der Waals surface area contributed by atoms with Crippen LogP contribution in [0.2, 0.25) is 0 Å². The minimum absolute atomic E-state index is 0.102. The number of benzene rings is 2. The second-order valence-corrected chi connectivity index (χ2v) is 6.41. The van der Waals surface area contributed by atoms with Gasteiger partial charge in [0.25, 0.3) is 0 Å². The third kappa shape index (κ3) is 2.94. The quantitative estimate of drug-likeness (QED) is 0.926. The number of ether oxygens (including phenoxy) is 1. The van der Waals surface area contributed by atoms with E-state index in [4.69, 9.17) is 4.74 Å². The maximum Gasteiger partial charge on any atom is 0.224 e. The molecule has 0 bridgehead atoms. The molecule has 2 aliphatic rings. The van der Waals surface area contributed by atoms with Gasteiger partial charge in [-0.3, -0.25) is 9.69 Å². The minimum Gasteiger partial charge on any atom is -0.478 e. The van der Waals surface area contributed by atoms with E-state index < -0.39 is 0 Å². The van der Waals surface area contributed by atoms with Gasteiger partial charge in [-0.15, -0.1) is 0 Å². The van der Waals surface area contributed by atoms with Gasteiger partial charge in [0.1, 0.15) is 12.5 Å². The summed E-state index contributed by atoms with van der Waals surface area (Å²) in [5.41, 5.74) is 5.82. The van der Waals surface area contributed by atoms with E-state index in [0.717, 1.165) is 36.5 Å². The van der Waals surface area contributed by atoms with Crippen molar-refractivity contribution in [3.8, 4) is 5.75 Å². The third-order valence-electron chi connectivity index (χ3n) is 4.51. The van der Waals surface area contributed by atoms with Gasteiger partial charge in [-0.05, 0) is 36.6 Å². The van der Waals surface area contributed by atoms with Gasteiger partial charge >= 0.3 is 0 Å². The van der Waals surface area contributed by atoms with E-state index in [-0.39, 0.29) is 5.91 Å². The van der Waals surface area contributed by atoms with E-state index in [1.165, 1.54) is 16.7 Å². The summed E-state index contributed by atoms with van der Waals surface area (Å²) in [6, 6.07) is 12.8. The highest BCUT2D eigenvalue weighted by Crippen LogP contribution is 2.34. The highest BCUT2D eigenvalue weighted by atomic mass is 16.5. The number of carbonyl (C=O) groups excluding carboxylic acids is 1. The predicted octanol–water partition coefficient (Wildman–Crippen LogP) is 3.23. The highest BCUT2D eigenvalue weighted by molar-refractivity contribution is 5.94. The lowest BCUT2D eigenvalue weighted by Crippen LogP contribution is -2.32. The van der Waals surface area contributed by atoms with Gasteiger partial charge in [-0.25, -0.2) is 0 Å². The average molecular weight is 308 g/mol. The number of amides is 1. The Hall–Kier alpha value is -2.33. The molecule has 1 amide bonds. The minimum atomic E-state index is 0.102. The second kappa shape index (κ2) is 5.70. The zero-order valence-corrected chi connectivity index (χ0v) is 13.3. The summed E-state index contributed by atoms with van der Waals surface area (Å²) >= 11 is 0. The van der Waals surface area contributed by atoms with Crippen LogP contribution in [0, 0.1) is 6.92 Å². The average Bonchev–Trinajstić information content (AvgIpc) is 2.55. The number of rotatable bonds is 2. The topological polar surface area (TPSA) is 41.6 Å². The number of carbonyl (C=O) groups is 1. The molecule has 23 heavy (non-hydrogen) atoms. The molecule has 2 aromatic carbocycles. The van der Waals surface area contributed by atoms with Crippen LogP contribution in [-0.2, 0) is 24.3 Å².